The minimum absolute atomic E-state index is 0.0385. The van der Waals surface area contributed by atoms with Gasteiger partial charge in [0.25, 0.3) is 0 Å². The lowest BCUT2D eigenvalue weighted by molar-refractivity contribution is -0.125. The summed E-state index contributed by atoms with van der Waals surface area (Å²) in [6.45, 7) is 3.35. The molecule has 2 heterocycles. The van der Waals surface area contributed by atoms with Gasteiger partial charge in [-0.25, -0.2) is 4.39 Å². The molecule has 0 aliphatic carbocycles. The molecule has 0 aromatic heterocycles. The molecule has 2 aliphatic heterocycles. The second-order valence-corrected chi connectivity index (χ2v) is 6.17. The van der Waals surface area contributed by atoms with Gasteiger partial charge >= 0.3 is 0 Å². The molecule has 120 valence electrons. The molecule has 22 heavy (non-hydrogen) atoms. The van der Waals surface area contributed by atoms with Crippen molar-refractivity contribution in [2.45, 2.75) is 38.3 Å². The monoisotopic (exact) mass is 305 g/mol. The number of benzene rings is 1. The molecule has 0 spiro atoms. The standard InChI is InChI=1S/C17H24FN3O/c1-19-17(22)16-8-5-11-21(16)12-13-14(18)6-4-7-15(13)20-9-2-3-10-20/h4,6-7,16H,2-3,5,8-12H2,1H3,(H,19,22). The van der Waals surface area contributed by atoms with Gasteiger partial charge in [0.2, 0.25) is 5.91 Å². The predicted molar refractivity (Wildman–Crippen MR) is 85.3 cm³/mol. The van der Waals surface area contributed by atoms with Crippen LogP contribution < -0.4 is 10.2 Å². The predicted octanol–water partition coefficient (Wildman–Crippen LogP) is 2.14. The summed E-state index contributed by atoms with van der Waals surface area (Å²) in [6, 6.07) is 5.19. The van der Waals surface area contributed by atoms with E-state index in [0.717, 1.165) is 43.7 Å². The number of carbonyl (C=O) groups is 1. The highest BCUT2D eigenvalue weighted by atomic mass is 19.1. The summed E-state index contributed by atoms with van der Waals surface area (Å²) >= 11 is 0. The van der Waals surface area contributed by atoms with Crippen LogP contribution in [-0.4, -0.2) is 43.5 Å². The number of hydrogen-bond acceptors (Lipinski definition) is 3. The van der Waals surface area contributed by atoms with Crippen LogP contribution in [0, 0.1) is 5.82 Å². The first-order chi connectivity index (χ1) is 10.7. The van der Waals surface area contributed by atoms with Gasteiger partial charge in [0.05, 0.1) is 6.04 Å². The number of carbonyl (C=O) groups excluding carboxylic acids is 1. The Morgan fingerprint density at radius 1 is 1.27 bits per heavy atom. The minimum Gasteiger partial charge on any atom is -0.371 e. The third-order valence-corrected chi connectivity index (χ3v) is 4.81. The van der Waals surface area contributed by atoms with Crippen LogP contribution in [0.2, 0.25) is 0 Å². The number of rotatable bonds is 4. The molecule has 1 unspecified atom stereocenters. The van der Waals surface area contributed by atoms with E-state index in [0.29, 0.717) is 6.54 Å². The van der Waals surface area contributed by atoms with E-state index in [9.17, 15) is 9.18 Å². The molecular weight excluding hydrogens is 281 g/mol. The topological polar surface area (TPSA) is 35.6 Å². The second kappa shape index (κ2) is 6.65. The smallest absolute Gasteiger partial charge is 0.237 e. The number of likely N-dealkylation sites (N-methyl/N-ethyl adjacent to an activating group) is 1. The van der Waals surface area contributed by atoms with Crippen LogP contribution in [0.15, 0.2) is 18.2 Å². The zero-order valence-corrected chi connectivity index (χ0v) is 13.1. The number of amides is 1. The number of hydrogen-bond donors (Lipinski definition) is 1. The van der Waals surface area contributed by atoms with Gasteiger partial charge in [0.1, 0.15) is 5.82 Å². The zero-order valence-electron chi connectivity index (χ0n) is 13.1. The Hall–Kier alpha value is -1.62. The summed E-state index contributed by atoms with van der Waals surface area (Å²) in [5, 5.41) is 2.72. The van der Waals surface area contributed by atoms with Gasteiger partial charge in [-0.2, -0.15) is 0 Å². The first-order valence-electron chi connectivity index (χ1n) is 8.18. The van der Waals surface area contributed by atoms with Gasteiger partial charge in [-0.1, -0.05) is 6.07 Å². The van der Waals surface area contributed by atoms with E-state index in [1.165, 1.54) is 18.9 Å². The van der Waals surface area contributed by atoms with Gasteiger partial charge < -0.3 is 10.2 Å². The average molecular weight is 305 g/mol. The number of anilines is 1. The lowest BCUT2D eigenvalue weighted by atomic mass is 10.1. The van der Waals surface area contributed by atoms with Crippen LogP contribution in [0.1, 0.15) is 31.2 Å². The van der Waals surface area contributed by atoms with Crippen molar-refractivity contribution in [1.82, 2.24) is 10.2 Å². The second-order valence-electron chi connectivity index (χ2n) is 6.17. The molecule has 1 atom stereocenters. The molecule has 0 saturated carbocycles. The maximum Gasteiger partial charge on any atom is 0.237 e. The average Bonchev–Trinajstić information content (AvgIpc) is 3.20. The Balaban J connectivity index is 1.83. The van der Waals surface area contributed by atoms with E-state index < -0.39 is 0 Å². The summed E-state index contributed by atoms with van der Waals surface area (Å²) in [6.07, 6.45) is 4.18. The summed E-state index contributed by atoms with van der Waals surface area (Å²) in [5.41, 5.74) is 1.74. The summed E-state index contributed by atoms with van der Waals surface area (Å²) in [7, 11) is 1.66. The number of halogens is 1. The summed E-state index contributed by atoms with van der Waals surface area (Å²) in [5.74, 6) is -0.122. The van der Waals surface area contributed by atoms with E-state index in [1.807, 2.05) is 6.07 Å². The van der Waals surface area contributed by atoms with Crippen molar-refractivity contribution in [3.63, 3.8) is 0 Å². The highest BCUT2D eigenvalue weighted by Gasteiger charge is 2.31. The Kier molecular flexibility index (Phi) is 4.62. The fourth-order valence-electron chi connectivity index (χ4n) is 3.64. The van der Waals surface area contributed by atoms with E-state index in [2.05, 4.69) is 15.1 Å². The normalized spacial score (nSPS) is 22.3. The largest absolute Gasteiger partial charge is 0.371 e. The maximum atomic E-state index is 14.4. The molecule has 5 heteroatoms. The molecular formula is C17H24FN3O. The van der Waals surface area contributed by atoms with Gasteiger partial charge in [-0.3, -0.25) is 9.69 Å². The van der Waals surface area contributed by atoms with E-state index >= 15 is 0 Å². The number of likely N-dealkylation sites (tertiary alicyclic amines) is 1. The van der Waals surface area contributed by atoms with Gasteiger partial charge in [-0.05, 0) is 44.4 Å². The molecule has 1 amide bonds. The molecule has 1 aromatic carbocycles. The third-order valence-electron chi connectivity index (χ3n) is 4.81. The van der Waals surface area contributed by atoms with Crippen LogP contribution in [0.25, 0.3) is 0 Å². The molecule has 2 saturated heterocycles. The first-order valence-corrected chi connectivity index (χ1v) is 8.18. The molecule has 1 aromatic rings. The van der Waals surface area contributed by atoms with Crippen LogP contribution in [0.5, 0.6) is 0 Å². The highest BCUT2D eigenvalue weighted by Crippen LogP contribution is 2.30. The lowest BCUT2D eigenvalue weighted by Gasteiger charge is -2.27. The molecule has 0 radical (unpaired) electrons. The van der Waals surface area contributed by atoms with Crippen molar-refractivity contribution in [2.75, 3.05) is 31.6 Å². The van der Waals surface area contributed by atoms with E-state index in [4.69, 9.17) is 0 Å². The fraction of sp³-hybridized carbons (Fsp3) is 0.588. The molecule has 0 bridgehead atoms. The molecule has 3 rings (SSSR count). The van der Waals surface area contributed by atoms with Crippen LogP contribution in [0.3, 0.4) is 0 Å². The van der Waals surface area contributed by atoms with Crippen molar-refractivity contribution in [1.29, 1.82) is 0 Å². The summed E-state index contributed by atoms with van der Waals surface area (Å²) in [4.78, 5) is 16.4. The molecule has 4 nitrogen and oxygen atoms in total. The SMILES string of the molecule is CNC(=O)C1CCCN1Cc1c(F)cccc1N1CCCC1. The minimum atomic E-state index is -0.160. The first kappa shape index (κ1) is 15.3. The van der Waals surface area contributed by atoms with Crippen molar-refractivity contribution < 1.29 is 9.18 Å². The van der Waals surface area contributed by atoms with Crippen LogP contribution in [0.4, 0.5) is 10.1 Å². The van der Waals surface area contributed by atoms with Crippen molar-refractivity contribution in [2.24, 2.45) is 0 Å². The van der Waals surface area contributed by atoms with E-state index in [-0.39, 0.29) is 17.8 Å². The van der Waals surface area contributed by atoms with Crippen molar-refractivity contribution in [3.05, 3.63) is 29.6 Å². The summed E-state index contributed by atoms with van der Waals surface area (Å²) < 4.78 is 14.4. The Morgan fingerprint density at radius 2 is 2.05 bits per heavy atom. The molecule has 2 fully saturated rings. The van der Waals surface area contributed by atoms with Crippen molar-refractivity contribution >= 4 is 11.6 Å². The van der Waals surface area contributed by atoms with E-state index in [1.54, 1.807) is 13.1 Å². The fourth-order valence-corrected chi connectivity index (χ4v) is 3.64. The molecule has 1 N–H and O–H groups in total. The zero-order chi connectivity index (χ0) is 15.5. The van der Waals surface area contributed by atoms with Gasteiger partial charge in [0.15, 0.2) is 0 Å². The Bertz CT molecular complexity index is 543. The Morgan fingerprint density at radius 3 is 2.77 bits per heavy atom. The number of nitrogens with zero attached hydrogens (tertiary/aromatic N) is 2. The maximum absolute atomic E-state index is 14.4. The van der Waals surface area contributed by atoms with Gasteiger partial charge in [0, 0.05) is 37.9 Å². The van der Waals surface area contributed by atoms with Crippen LogP contribution in [-0.2, 0) is 11.3 Å². The third kappa shape index (κ3) is 2.95. The number of nitrogens with one attached hydrogen (secondary N) is 1. The van der Waals surface area contributed by atoms with Gasteiger partial charge in [-0.15, -0.1) is 0 Å². The highest BCUT2D eigenvalue weighted by molar-refractivity contribution is 5.81. The Labute approximate surface area is 131 Å². The van der Waals surface area contributed by atoms with Crippen LogP contribution >= 0.6 is 0 Å². The van der Waals surface area contributed by atoms with Crippen molar-refractivity contribution in [3.8, 4) is 0 Å². The quantitative estimate of drug-likeness (QED) is 0.926. The lowest BCUT2D eigenvalue weighted by Crippen LogP contribution is -2.41. The molecule has 2 aliphatic rings.